The Morgan fingerprint density at radius 3 is 2.38 bits per heavy atom. The molecule has 0 amide bonds. The summed E-state index contributed by atoms with van der Waals surface area (Å²) in [5.41, 5.74) is -7.67. The van der Waals surface area contributed by atoms with Crippen LogP contribution in [0.5, 0.6) is 0 Å². The van der Waals surface area contributed by atoms with Gasteiger partial charge in [-0.1, -0.05) is 26.8 Å². The fraction of sp³-hybridized carbons (Fsp3) is 0.792. The molecule has 0 bridgehead atoms. The van der Waals surface area contributed by atoms with Crippen LogP contribution in [0.15, 0.2) is 12.7 Å². The fourth-order valence-corrected chi connectivity index (χ4v) is 6.91. The summed E-state index contributed by atoms with van der Waals surface area (Å²) in [6.45, 7) is 11.3. The Labute approximate surface area is 204 Å². The average molecular weight is 503 g/mol. The molecular weight excluding hydrogens is 468 g/mol. The third-order valence-corrected chi connectivity index (χ3v) is 8.66. The van der Waals surface area contributed by atoms with Crippen LogP contribution >= 0.6 is 11.6 Å². The summed E-state index contributed by atoms with van der Waals surface area (Å²) < 4.78 is 16.6. The van der Waals surface area contributed by atoms with E-state index in [1.165, 1.54) is 13.0 Å². The molecule has 0 aromatic carbocycles. The first-order valence-electron chi connectivity index (χ1n) is 11.4. The van der Waals surface area contributed by atoms with E-state index >= 15 is 0 Å². The van der Waals surface area contributed by atoms with Crippen LogP contribution in [-0.4, -0.2) is 80.6 Å². The zero-order valence-corrected chi connectivity index (χ0v) is 21.1. The summed E-state index contributed by atoms with van der Waals surface area (Å²) in [5, 5.41) is 35.1. The SMILES string of the molecule is C=C[C@@]1(C)CC(=O)[C@]2(O)[C@@]3(C)[C@@H](O)CCC(C)(C)[C@@H]3[C@H](O)[C@H](OC(=O)COC(=O)CCl)[C@@]2(C)O1. The Bertz CT molecular complexity index is 890. The molecule has 3 fully saturated rings. The monoisotopic (exact) mass is 502 g/mol. The fourth-order valence-electron chi connectivity index (χ4n) is 6.83. The van der Waals surface area contributed by atoms with Gasteiger partial charge in [0.25, 0.3) is 0 Å². The van der Waals surface area contributed by atoms with Crippen molar-refractivity contribution in [3.05, 3.63) is 12.7 Å². The van der Waals surface area contributed by atoms with Gasteiger partial charge >= 0.3 is 11.9 Å². The molecule has 0 aromatic heterocycles. The van der Waals surface area contributed by atoms with E-state index in [9.17, 15) is 29.7 Å². The number of halogens is 1. The number of carbonyl (C=O) groups is 3. The first kappa shape index (κ1) is 27.1. The van der Waals surface area contributed by atoms with Gasteiger partial charge < -0.3 is 29.5 Å². The molecule has 1 aliphatic heterocycles. The predicted octanol–water partition coefficient (Wildman–Crippen LogP) is 1.28. The maximum Gasteiger partial charge on any atom is 0.344 e. The number of rotatable bonds is 5. The van der Waals surface area contributed by atoms with Crippen LogP contribution in [-0.2, 0) is 28.6 Å². The van der Waals surface area contributed by atoms with Crippen molar-refractivity contribution in [3.8, 4) is 0 Å². The van der Waals surface area contributed by atoms with Crippen molar-refractivity contribution in [3.63, 3.8) is 0 Å². The quantitative estimate of drug-likeness (QED) is 0.288. The number of Topliss-reactive ketones (excluding diaryl/α,β-unsaturated/α-hetero) is 1. The van der Waals surface area contributed by atoms with Gasteiger partial charge in [0, 0.05) is 17.8 Å². The summed E-state index contributed by atoms with van der Waals surface area (Å²) in [7, 11) is 0. The van der Waals surface area contributed by atoms with E-state index in [4.69, 9.17) is 25.8 Å². The lowest BCUT2D eigenvalue weighted by atomic mass is 9.40. The molecule has 192 valence electrons. The second-order valence-corrected chi connectivity index (χ2v) is 11.3. The lowest BCUT2D eigenvalue weighted by Crippen LogP contribution is -2.86. The first-order chi connectivity index (χ1) is 15.5. The highest BCUT2D eigenvalue weighted by Gasteiger charge is 2.81. The number of alkyl halides is 1. The van der Waals surface area contributed by atoms with E-state index in [0.717, 1.165) is 0 Å². The molecule has 9 nitrogen and oxygen atoms in total. The van der Waals surface area contributed by atoms with Gasteiger partial charge in [0.1, 0.15) is 11.5 Å². The lowest BCUT2D eigenvalue weighted by molar-refractivity contribution is -0.370. The number of hydrogen-bond acceptors (Lipinski definition) is 9. The normalized spacial score (nSPS) is 45.5. The van der Waals surface area contributed by atoms with Gasteiger partial charge in [-0.3, -0.25) is 9.59 Å². The van der Waals surface area contributed by atoms with Gasteiger partial charge in [-0.05, 0) is 32.1 Å². The van der Waals surface area contributed by atoms with Crippen molar-refractivity contribution in [2.45, 2.75) is 89.0 Å². The molecule has 1 saturated heterocycles. The van der Waals surface area contributed by atoms with E-state index < -0.39 is 82.1 Å². The molecule has 0 radical (unpaired) electrons. The average Bonchev–Trinajstić information content (AvgIpc) is 2.75. The number of hydrogen-bond donors (Lipinski definition) is 3. The Kier molecular flexibility index (Phi) is 6.81. The standard InChI is InChI=1S/C24H35ClO9/c1-7-21(4)10-14(27)24(31)22(5)13(26)8-9-20(2,3)18(22)17(30)19(23(24,6)34-21)33-16(29)12-32-15(28)11-25/h7,13,17-19,26,30-31H,1,8-12H2,2-6H3/t13-,17-,18-,19-,21-,22-,23+,24-/m0/s1. The van der Waals surface area contributed by atoms with Crippen molar-refractivity contribution >= 4 is 29.3 Å². The molecule has 8 atom stereocenters. The molecule has 2 aliphatic carbocycles. The first-order valence-corrected chi connectivity index (χ1v) is 11.9. The highest BCUT2D eigenvalue weighted by molar-refractivity contribution is 6.26. The summed E-state index contributed by atoms with van der Waals surface area (Å²) in [6, 6.07) is 0. The summed E-state index contributed by atoms with van der Waals surface area (Å²) in [6.07, 6.45) is -2.08. The highest BCUT2D eigenvalue weighted by atomic mass is 35.5. The molecular formula is C24H35ClO9. The Morgan fingerprint density at radius 2 is 1.82 bits per heavy atom. The minimum absolute atomic E-state index is 0.220. The molecule has 2 saturated carbocycles. The number of ketones is 1. The van der Waals surface area contributed by atoms with Crippen molar-refractivity contribution in [2.24, 2.45) is 16.7 Å². The molecule has 0 unspecified atom stereocenters. The van der Waals surface area contributed by atoms with E-state index in [2.05, 4.69) is 6.58 Å². The number of esters is 2. The van der Waals surface area contributed by atoms with Gasteiger partial charge in [-0.25, -0.2) is 4.79 Å². The Morgan fingerprint density at radius 1 is 1.21 bits per heavy atom. The van der Waals surface area contributed by atoms with E-state index in [0.29, 0.717) is 12.8 Å². The van der Waals surface area contributed by atoms with Gasteiger partial charge in [0.15, 0.2) is 24.1 Å². The van der Waals surface area contributed by atoms with Gasteiger partial charge in [0.05, 0.1) is 17.8 Å². The molecule has 3 aliphatic rings. The van der Waals surface area contributed by atoms with Crippen molar-refractivity contribution < 1.29 is 43.9 Å². The van der Waals surface area contributed by atoms with Crippen molar-refractivity contribution in [1.82, 2.24) is 0 Å². The Balaban J connectivity index is 2.17. The van der Waals surface area contributed by atoms with Gasteiger partial charge in [0.2, 0.25) is 0 Å². The molecule has 34 heavy (non-hydrogen) atoms. The van der Waals surface area contributed by atoms with Crippen molar-refractivity contribution in [2.75, 3.05) is 12.5 Å². The van der Waals surface area contributed by atoms with Crippen LogP contribution in [0.25, 0.3) is 0 Å². The van der Waals surface area contributed by atoms with Crippen LogP contribution < -0.4 is 0 Å². The molecule has 10 heteroatoms. The molecule has 3 rings (SSSR count). The zero-order chi connectivity index (χ0) is 25.9. The predicted molar refractivity (Wildman–Crippen MR) is 121 cm³/mol. The summed E-state index contributed by atoms with van der Waals surface area (Å²) in [4.78, 5) is 37.7. The molecule has 3 N–H and O–H groups in total. The minimum atomic E-state index is -2.32. The minimum Gasteiger partial charge on any atom is -0.454 e. The largest absolute Gasteiger partial charge is 0.454 e. The number of fused-ring (bicyclic) bond motifs is 3. The van der Waals surface area contributed by atoms with Crippen LogP contribution in [0.2, 0.25) is 0 Å². The maximum atomic E-state index is 13.7. The van der Waals surface area contributed by atoms with Crippen molar-refractivity contribution in [1.29, 1.82) is 0 Å². The summed E-state index contributed by atoms with van der Waals surface area (Å²) >= 11 is 5.39. The number of aliphatic hydroxyl groups excluding tert-OH is 2. The van der Waals surface area contributed by atoms with E-state index in [1.807, 2.05) is 13.8 Å². The van der Waals surface area contributed by atoms with Crippen LogP contribution in [0.1, 0.15) is 53.9 Å². The third-order valence-electron chi connectivity index (χ3n) is 8.45. The highest BCUT2D eigenvalue weighted by Crippen LogP contribution is 2.67. The lowest BCUT2D eigenvalue weighted by Gasteiger charge is -2.71. The zero-order valence-electron chi connectivity index (χ0n) is 20.3. The van der Waals surface area contributed by atoms with Gasteiger partial charge in [-0.15, -0.1) is 18.2 Å². The third kappa shape index (κ3) is 3.63. The molecule has 1 heterocycles. The number of aliphatic hydroxyl groups is 3. The van der Waals surface area contributed by atoms with Crippen LogP contribution in [0.3, 0.4) is 0 Å². The van der Waals surface area contributed by atoms with Crippen LogP contribution in [0.4, 0.5) is 0 Å². The number of carbonyl (C=O) groups excluding carboxylic acids is 3. The van der Waals surface area contributed by atoms with E-state index in [1.54, 1.807) is 13.8 Å². The van der Waals surface area contributed by atoms with E-state index in [-0.39, 0.29) is 6.42 Å². The van der Waals surface area contributed by atoms with Gasteiger partial charge in [-0.2, -0.15) is 0 Å². The second kappa shape index (κ2) is 8.55. The Hall–Kier alpha value is -1.52. The second-order valence-electron chi connectivity index (χ2n) is 11.0. The number of ether oxygens (including phenoxy) is 3. The topological polar surface area (TPSA) is 140 Å². The smallest absolute Gasteiger partial charge is 0.344 e. The molecule has 0 spiro atoms. The maximum absolute atomic E-state index is 13.7. The van der Waals surface area contributed by atoms with Crippen LogP contribution in [0, 0.1) is 16.7 Å². The summed E-state index contributed by atoms with van der Waals surface area (Å²) in [5.74, 6) is -3.75. The molecule has 0 aromatic rings.